The molecule has 2 aromatic carbocycles. The second-order valence-corrected chi connectivity index (χ2v) is 8.60. The summed E-state index contributed by atoms with van der Waals surface area (Å²) in [5.41, 5.74) is 4.11. The highest BCUT2D eigenvalue weighted by atomic mass is 32.1. The molecule has 3 aromatic rings. The van der Waals surface area contributed by atoms with E-state index in [0.717, 1.165) is 45.4 Å². The fraction of sp³-hybridized carbons (Fsp3) is 0.391. The van der Waals surface area contributed by atoms with Gasteiger partial charge in [-0.1, -0.05) is 11.3 Å². The summed E-state index contributed by atoms with van der Waals surface area (Å²) in [6, 6.07) is 12.2. The van der Waals surface area contributed by atoms with Crippen molar-refractivity contribution < 1.29 is 9.53 Å². The van der Waals surface area contributed by atoms with Gasteiger partial charge in [0.15, 0.2) is 5.13 Å². The number of anilines is 3. The van der Waals surface area contributed by atoms with Gasteiger partial charge in [0.2, 0.25) is 5.91 Å². The highest BCUT2D eigenvalue weighted by Gasteiger charge is 2.34. The minimum absolute atomic E-state index is 0.0200. The Balaban J connectivity index is 1.37. The smallest absolute Gasteiger partial charge is 0.231 e. The number of hydrogen-bond donors (Lipinski definition) is 1. The van der Waals surface area contributed by atoms with Crippen molar-refractivity contribution in [3.8, 4) is 5.75 Å². The number of rotatable bonds is 7. The van der Waals surface area contributed by atoms with Crippen molar-refractivity contribution in [2.45, 2.75) is 20.8 Å². The highest BCUT2D eigenvalue weighted by Crippen LogP contribution is 2.35. The van der Waals surface area contributed by atoms with Gasteiger partial charge >= 0.3 is 0 Å². The number of amides is 1. The Morgan fingerprint density at radius 3 is 2.67 bits per heavy atom. The molecule has 7 heteroatoms. The first kappa shape index (κ1) is 20.5. The third-order valence-electron chi connectivity index (χ3n) is 5.70. The Morgan fingerprint density at radius 2 is 2.00 bits per heavy atom. The number of hydrogen-bond acceptors (Lipinski definition) is 6. The van der Waals surface area contributed by atoms with Gasteiger partial charge < -0.3 is 19.9 Å². The summed E-state index contributed by atoms with van der Waals surface area (Å²) in [7, 11) is 1.66. The Hall–Kier alpha value is -2.80. The number of carbonyl (C=O) groups excluding carboxylic acids is 1. The molecule has 0 unspecified atom stereocenters. The zero-order valence-electron chi connectivity index (χ0n) is 17.9. The molecule has 1 fully saturated rings. The summed E-state index contributed by atoms with van der Waals surface area (Å²) in [5, 5.41) is 4.07. The molecule has 0 spiro atoms. The van der Waals surface area contributed by atoms with Gasteiger partial charge in [-0.25, -0.2) is 4.98 Å². The highest BCUT2D eigenvalue weighted by molar-refractivity contribution is 7.22. The van der Waals surface area contributed by atoms with Crippen LogP contribution in [0.25, 0.3) is 10.2 Å². The number of ether oxygens (including phenoxy) is 1. The van der Waals surface area contributed by atoms with Gasteiger partial charge in [0.05, 0.1) is 23.2 Å². The molecule has 1 N–H and O–H groups in total. The molecular formula is C23H28N4O2S. The topological polar surface area (TPSA) is 57.7 Å². The fourth-order valence-electron chi connectivity index (χ4n) is 3.77. The minimum atomic E-state index is -0.0200. The monoisotopic (exact) mass is 424 g/mol. The predicted molar refractivity (Wildman–Crippen MR) is 125 cm³/mol. The Bertz CT molecular complexity index is 1050. The van der Waals surface area contributed by atoms with Crippen LogP contribution >= 0.6 is 11.3 Å². The molecule has 1 aliphatic rings. The van der Waals surface area contributed by atoms with Crippen LogP contribution in [0, 0.1) is 12.8 Å². The number of fused-ring (bicyclic) bond motifs is 1. The van der Waals surface area contributed by atoms with Crippen molar-refractivity contribution in [2.24, 2.45) is 5.92 Å². The third-order valence-corrected chi connectivity index (χ3v) is 6.80. The number of nitrogens with zero attached hydrogens (tertiary/aromatic N) is 3. The molecular weight excluding hydrogens is 396 g/mol. The molecule has 0 radical (unpaired) electrons. The zero-order chi connectivity index (χ0) is 21.3. The van der Waals surface area contributed by atoms with Crippen LogP contribution in [-0.2, 0) is 4.79 Å². The molecule has 1 aromatic heterocycles. The van der Waals surface area contributed by atoms with E-state index in [1.54, 1.807) is 18.4 Å². The molecule has 2 heterocycles. The first-order chi connectivity index (χ1) is 14.5. The molecule has 0 atom stereocenters. The normalized spacial score (nSPS) is 13.9. The lowest BCUT2D eigenvalue weighted by Gasteiger charge is -2.38. The lowest BCUT2D eigenvalue weighted by atomic mass is 9.99. The molecule has 0 bridgehead atoms. The summed E-state index contributed by atoms with van der Waals surface area (Å²) in [6.07, 6.45) is 0. The molecule has 30 heavy (non-hydrogen) atoms. The number of nitrogens with one attached hydrogen (secondary N) is 1. The second kappa shape index (κ2) is 8.52. The maximum Gasteiger partial charge on any atom is 0.231 e. The quantitative estimate of drug-likeness (QED) is 0.604. The molecule has 0 aliphatic carbocycles. The lowest BCUT2D eigenvalue weighted by Crippen LogP contribution is -2.52. The predicted octanol–water partition coefficient (Wildman–Crippen LogP) is 4.53. The Morgan fingerprint density at radius 1 is 1.23 bits per heavy atom. The van der Waals surface area contributed by atoms with Crippen molar-refractivity contribution in [3.05, 3.63) is 42.0 Å². The first-order valence-electron chi connectivity index (χ1n) is 10.4. The number of benzene rings is 2. The summed E-state index contributed by atoms with van der Waals surface area (Å²) >= 11 is 1.65. The number of thiazole rings is 1. The van der Waals surface area contributed by atoms with Gasteiger partial charge in [0, 0.05) is 43.6 Å². The van der Waals surface area contributed by atoms with Gasteiger partial charge in [-0.2, -0.15) is 0 Å². The van der Waals surface area contributed by atoms with Crippen LogP contribution in [0.2, 0.25) is 0 Å². The van der Waals surface area contributed by atoms with Crippen molar-refractivity contribution in [3.63, 3.8) is 0 Å². The molecule has 4 rings (SSSR count). The molecule has 0 saturated carbocycles. The van der Waals surface area contributed by atoms with Crippen LogP contribution in [0.5, 0.6) is 5.75 Å². The van der Waals surface area contributed by atoms with E-state index in [1.165, 1.54) is 5.69 Å². The van der Waals surface area contributed by atoms with Crippen molar-refractivity contribution in [2.75, 3.05) is 48.4 Å². The second-order valence-electron chi connectivity index (χ2n) is 7.59. The van der Waals surface area contributed by atoms with E-state index in [1.807, 2.05) is 31.2 Å². The minimum Gasteiger partial charge on any atom is -0.497 e. The lowest BCUT2D eigenvalue weighted by molar-refractivity contribution is -0.120. The fourth-order valence-corrected chi connectivity index (χ4v) is 4.73. The van der Waals surface area contributed by atoms with Crippen LogP contribution in [0.3, 0.4) is 0 Å². The van der Waals surface area contributed by atoms with Crippen molar-refractivity contribution in [1.29, 1.82) is 0 Å². The van der Waals surface area contributed by atoms with E-state index in [9.17, 15) is 4.79 Å². The maximum atomic E-state index is 12.7. The number of methoxy groups -OCH3 is 1. The molecule has 1 saturated heterocycles. The number of carbonyl (C=O) groups is 1. The van der Waals surface area contributed by atoms with Gasteiger partial charge in [-0.05, 0) is 56.7 Å². The van der Waals surface area contributed by atoms with Gasteiger partial charge in [-0.15, -0.1) is 0 Å². The van der Waals surface area contributed by atoms with E-state index in [-0.39, 0.29) is 11.8 Å². The number of aryl methyl sites for hydroxylation is 1. The molecule has 1 amide bonds. The summed E-state index contributed by atoms with van der Waals surface area (Å²) < 4.78 is 6.40. The van der Waals surface area contributed by atoms with E-state index < -0.39 is 0 Å². The SMILES string of the molecule is CCN(CC)c1ccc(NC(=O)C2CN(c3nc4cc(OC)ccc4s3)C2)c(C)c1. The van der Waals surface area contributed by atoms with Gasteiger partial charge in [0.25, 0.3) is 0 Å². The average Bonchev–Trinajstić information content (AvgIpc) is 3.12. The Labute approximate surface area is 181 Å². The van der Waals surface area contributed by atoms with E-state index in [4.69, 9.17) is 9.72 Å². The van der Waals surface area contributed by atoms with E-state index in [0.29, 0.717) is 13.1 Å². The number of aromatic nitrogens is 1. The standard InChI is InChI=1S/C23H28N4O2S/c1-5-26(6-2)17-7-9-19(15(3)11-17)24-22(28)16-13-27(14-16)23-25-20-12-18(29-4)8-10-21(20)30-23/h7-12,16H,5-6,13-14H2,1-4H3,(H,24,28). The maximum absolute atomic E-state index is 12.7. The van der Waals surface area contributed by atoms with Crippen LogP contribution in [0.4, 0.5) is 16.5 Å². The van der Waals surface area contributed by atoms with Crippen molar-refractivity contribution in [1.82, 2.24) is 4.98 Å². The summed E-state index contributed by atoms with van der Waals surface area (Å²) in [6.45, 7) is 9.68. The summed E-state index contributed by atoms with van der Waals surface area (Å²) in [4.78, 5) is 21.9. The Kier molecular flexibility index (Phi) is 5.81. The summed E-state index contributed by atoms with van der Waals surface area (Å²) in [5.74, 6) is 0.865. The third kappa shape index (κ3) is 3.94. The molecule has 1 aliphatic heterocycles. The zero-order valence-corrected chi connectivity index (χ0v) is 18.8. The average molecular weight is 425 g/mol. The first-order valence-corrected chi connectivity index (χ1v) is 11.2. The van der Waals surface area contributed by atoms with Crippen molar-refractivity contribution >= 4 is 44.0 Å². The van der Waals surface area contributed by atoms with Crippen LogP contribution in [0.15, 0.2) is 36.4 Å². The van der Waals surface area contributed by atoms with Gasteiger partial charge in [0.1, 0.15) is 5.75 Å². The van der Waals surface area contributed by atoms with Crippen LogP contribution in [-0.4, -0.2) is 44.2 Å². The molecule has 6 nitrogen and oxygen atoms in total. The van der Waals surface area contributed by atoms with Crippen LogP contribution in [0.1, 0.15) is 19.4 Å². The van der Waals surface area contributed by atoms with E-state index >= 15 is 0 Å². The van der Waals surface area contributed by atoms with Crippen LogP contribution < -0.4 is 19.9 Å². The molecule has 158 valence electrons. The largest absolute Gasteiger partial charge is 0.497 e. The van der Waals surface area contributed by atoms with Gasteiger partial charge in [-0.3, -0.25) is 4.79 Å². The van der Waals surface area contributed by atoms with E-state index in [2.05, 4.69) is 41.1 Å².